The van der Waals surface area contributed by atoms with E-state index in [2.05, 4.69) is 5.32 Å². The van der Waals surface area contributed by atoms with Crippen molar-refractivity contribution >= 4 is 0 Å². The van der Waals surface area contributed by atoms with E-state index in [1.54, 1.807) is 0 Å². The minimum Gasteiger partial charge on any atom is -0.324 e. The number of nitrogens with one attached hydrogen (secondary N) is 1. The Morgan fingerprint density at radius 1 is 1.33 bits per heavy atom. The smallest absolute Gasteiger partial charge is 0.127 e. The highest BCUT2D eigenvalue weighted by atomic mass is 19.1. The Hall–Kier alpha value is -1.00. The van der Waals surface area contributed by atoms with Crippen LogP contribution in [0.1, 0.15) is 18.4 Å². The molecule has 82 valence electrons. The second kappa shape index (κ2) is 3.87. The van der Waals surface area contributed by atoms with E-state index in [1.807, 2.05) is 0 Å². The van der Waals surface area contributed by atoms with Gasteiger partial charge in [-0.1, -0.05) is 0 Å². The van der Waals surface area contributed by atoms with Gasteiger partial charge in [0.1, 0.15) is 11.6 Å². The third-order valence-electron chi connectivity index (χ3n) is 2.69. The molecule has 0 bridgehead atoms. The molecule has 0 amide bonds. The molecule has 0 saturated heterocycles. The predicted octanol–water partition coefficient (Wildman–Crippen LogP) is 1.55. The summed E-state index contributed by atoms with van der Waals surface area (Å²) < 4.78 is 26.0. The van der Waals surface area contributed by atoms with Crippen molar-refractivity contribution in [2.45, 2.75) is 24.9 Å². The van der Waals surface area contributed by atoms with Crippen LogP contribution in [0, 0.1) is 11.6 Å². The highest BCUT2D eigenvalue weighted by molar-refractivity contribution is 5.18. The topological polar surface area (TPSA) is 38.0 Å². The summed E-state index contributed by atoms with van der Waals surface area (Å²) in [5.74, 6) is -0.798. The molecule has 0 aromatic heterocycles. The first-order valence-corrected chi connectivity index (χ1v) is 5.03. The van der Waals surface area contributed by atoms with Gasteiger partial charge in [0.05, 0.1) is 0 Å². The van der Waals surface area contributed by atoms with Crippen LogP contribution in [0.15, 0.2) is 18.2 Å². The van der Waals surface area contributed by atoms with Gasteiger partial charge in [-0.3, -0.25) is 0 Å². The molecule has 0 atom stereocenters. The third kappa shape index (κ3) is 2.73. The molecule has 1 saturated carbocycles. The van der Waals surface area contributed by atoms with Crippen LogP contribution in [0.4, 0.5) is 8.78 Å². The first-order chi connectivity index (χ1) is 7.09. The quantitative estimate of drug-likeness (QED) is 0.794. The van der Waals surface area contributed by atoms with Crippen LogP contribution in [0.5, 0.6) is 0 Å². The van der Waals surface area contributed by atoms with E-state index in [-0.39, 0.29) is 11.4 Å². The molecule has 0 unspecified atom stereocenters. The minimum atomic E-state index is -0.415. The molecule has 1 aliphatic rings. The second-order valence-electron chi connectivity index (χ2n) is 4.20. The van der Waals surface area contributed by atoms with Crippen molar-refractivity contribution in [2.24, 2.45) is 5.73 Å². The minimum absolute atomic E-state index is 0.107. The fraction of sp³-hybridized carbons (Fsp3) is 0.455. The van der Waals surface area contributed by atoms with E-state index in [0.29, 0.717) is 18.7 Å². The normalized spacial score (nSPS) is 17.8. The maximum absolute atomic E-state index is 13.2. The van der Waals surface area contributed by atoms with Crippen molar-refractivity contribution in [1.82, 2.24) is 5.32 Å². The molecule has 1 aromatic rings. The van der Waals surface area contributed by atoms with Gasteiger partial charge in [0.2, 0.25) is 0 Å². The zero-order valence-corrected chi connectivity index (χ0v) is 8.39. The molecule has 15 heavy (non-hydrogen) atoms. The molecule has 2 nitrogen and oxygen atoms in total. The monoisotopic (exact) mass is 212 g/mol. The van der Waals surface area contributed by atoms with Gasteiger partial charge in [0.15, 0.2) is 0 Å². The zero-order valence-electron chi connectivity index (χ0n) is 8.39. The van der Waals surface area contributed by atoms with E-state index in [0.717, 1.165) is 25.0 Å². The first kappa shape index (κ1) is 10.5. The molecule has 1 aliphatic carbocycles. The number of hydrogen-bond donors (Lipinski definition) is 2. The van der Waals surface area contributed by atoms with E-state index in [1.165, 1.54) is 6.07 Å². The molecule has 3 N–H and O–H groups in total. The van der Waals surface area contributed by atoms with Crippen LogP contribution >= 0.6 is 0 Å². The standard InChI is InChI=1S/C11H14F2N2/c12-9-1-2-10(13)8(5-9)6-15-7-11(14)3-4-11/h1-2,5,15H,3-4,6-7,14H2. The van der Waals surface area contributed by atoms with E-state index in [9.17, 15) is 8.78 Å². The lowest BCUT2D eigenvalue weighted by molar-refractivity contribution is 0.539. The lowest BCUT2D eigenvalue weighted by atomic mass is 10.2. The number of benzene rings is 1. The Kier molecular flexibility index (Phi) is 2.71. The van der Waals surface area contributed by atoms with Crippen molar-refractivity contribution in [3.63, 3.8) is 0 Å². The summed E-state index contributed by atoms with van der Waals surface area (Å²) in [5.41, 5.74) is 6.09. The first-order valence-electron chi connectivity index (χ1n) is 5.03. The Morgan fingerprint density at radius 2 is 2.07 bits per heavy atom. The van der Waals surface area contributed by atoms with Gasteiger partial charge < -0.3 is 11.1 Å². The fourth-order valence-corrected chi connectivity index (χ4v) is 1.46. The molecule has 1 fully saturated rings. The number of halogens is 2. The van der Waals surface area contributed by atoms with Crippen molar-refractivity contribution < 1.29 is 8.78 Å². The average Bonchev–Trinajstić information content (AvgIpc) is 2.90. The van der Waals surface area contributed by atoms with Crippen molar-refractivity contribution in [3.8, 4) is 0 Å². The summed E-state index contributed by atoms with van der Waals surface area (Å²) in [6, 6.07) is 3.46. The zero-order chi connectivity index (χ0) is 10.9. The summed E-state index contributed by atoms with van der Waals surface area (Å²) >= 11 is 0. The Bertz CT molecular complexity index is 362. The number of nitrogens with two attached hydrogens (primary N) is 1. The Morgan fingerprint density at radius 3 is 2.73 bits per heavy atom. The molecule has 0 radical (unpaired) electrons. The Balaban J connectivity index is 1.89. The second-order valence-corrected chi connectivity index (χ2v) is 4.20. The average molecular weight is 212 g/mol. The molecule has 0 heterocycles. The maximum Gasteiger partial charge on any atom is 0.127 e. The summed E-state index contributed by atoms with van der Waals surface area (Å²) in [6.07, 6.45) is 2.01. The molecule has 2 rings (SSSR count). The van der Waals surface area contributed by atoms with Gasteiger partial charge in [-0.25, -0.2) is 8.78 Å². The van der Waals surface area contributed by atoms with Crippen LogP contribution in [0.2, 0.25) is 0 Å². The summed E-state index contributed by atoms with van der Waals surface area (Å²) in [4.78, 5) is 0. The van der Waals surface area contributed by atoms with Gasteiger partial charge in [0.25, 0.3) is 0 Å². The Labute approximate surface area is 87.5 Å². The van der Waals surface area contributed by atoms with E-state index >= 15 is 0 Å². The highest BCUT2D eigenvalue weighted by Crippen LogP contribution is 2.31. The van der Waals surface area contributed by atoms with Crippen LogP contribution in [0.3, 0.4) is 0 Å². The van der Waals surface area contributed by atoms with Gasteiger partial charge in [-0.2, -0.15) is 0 Å². The predicted molar refractivity (Wildman–Crippen MR) is 54.2 cm³/mol. The summed E-state index contributed by atoms with van der Waals surface area (Å²) in [6.45, 7) is 0.978. The molecule has 4 heteroatoms. The maximum atomic E-state index is 13.2. The lowest BCUT2D eigenvalue weighted by Crippen LogP contribution is -2.35. The van der Waals surface area contributed by atoms with Crippen LogP contribution < -0.4 is 11.1 Å². The van der Waals surface area contributed by atoms with E-state index < -0.39 is 5.82 Å². The van der Waals surface area contributed by atoms with Gasteiger partial charge in [0, 0.05) is 24.2 Å². The highest BCUT2D eigenvalue weighted by Gasteiger charge is 2.37. The molecule has 0 aliphatic heterocycles. The van der Waals surface area contributed by atoms with Crippen molar-refractivity contribution in [1.29, 1.82) is 0 Å². The van der Waals surface area contributed by atoms with E-state index in [4.69, 9.17) is 5.73 Å². The van der Waals surface area contributed by atoms with Crippen LogP contribution in [-0.2, 0) is 6.54 Å². The summed E-state index contributed by atoms with van der Waals surface area (Å²) in [7, 11) is 0. The van der Waals surface area contributed by atoms with Crippen LogP contribution in [0.25, 0.3) is 0 Å². The summed E-state index contributed by atoms with van der Waals surface area (Å²) in [5, 5.41) is 3.04. The molecular weight excluding hydrogens is 198 g/mol. The van der Waals surface area contributed by atoms with Gasteiger partial charge in [-0.05, 0) is 31.0 Å². The SMILES string of the molecule is NC1(CNCc2cc(F)ccc2F)CC1. The number of hydrogen-bond acceptors (Lipinski definition) is 2. The van der Waals surface area contributed by atoms with Crippen molar-refractivity contribution in [3.05, 3.63) is 35.4 Å². The molecule has 0 spiro atoms. The molecular formula is C11H14F2N2. The van der Waals surface area contributed by atoms with Crippen molar-refractivity contribution in [2.75, 3.05) is 6.54 Å². The molecule has 1 aromatic carbocycles. The fourth-order valence-electron chi connectivity index (χ4n) is 1.46. The van der Waals surface area contributed by atoms with Gasteiger partial charge >= 0.3 is 0 Å². The third-order valence-corrected chi connectivity index (χ3v) is 2.69. The lowest BCUT2D eigenvalue weighted by Gasteiger charge is -2.10. The largest absolute Gasteiger partial charge is 0.324 e. The van der Waals surface area contributed by atoms with Crippen LogP contribution in [-0.4, -0.2) is 12.1 Å². The number of rotatable bonds is 4. The van der Waals surface area contributed by atoms with Gasteiger partial charge in [-0.15, -0.1) is 0 Å².